The molecule has 0 amide bonds. The molecule has 0 aromatic carbocycles. The molecule has 0 saturated carbocycles. The average molecular weight is 228 g/mol. The van der Waals surface area contributed by atoms with Crippen LogP contribution in [0.2, 0.25) is 0 Å². The molecule has 0 aliphatic heterocycles. The highest BCUT2D eigenvalue weighted by atomic mass is 16.5. The summed E-state index contributed by atoms with van der Waals surface area (Å²) in [5.41, 5.74) is 5.90. The van der Waals surface area contributed by atoms with Crippen LogP contribution in [0.4, 0.5) is 0 Å². The van der Waals surface area contributed by atoms with Crippen molar-refractivity contribution in [2.45, 2.75) is 32.6 Å². The van der Waals surface area contributed by atoms with Crippen LogP contribution in [0, 0.1) is 0 Å². The standard InChI is InChI=1S/C10H20N4O2/c1-7(2)15-6-9-12-10(13-16-9)8(11)5-14(3)4/h7-8H,5-6,11H2,1-4H3. The highest BCUT2D eigenvalue weighted by Crippen LogP contribution is 2.08. The van der Waals surface area contributed by atoms with Crippen molar-refractivity contribution in [2.24, 2.45) is 5.73 Å². The molecule has 2 N–H and O–H groups in total. The molecule has 0 aliphatic carbocycles. The predicted molar refractivity (Wildman–Crippen MR) is 59.7 cm³/mol. The first-order valence-corrected chi connectivity index (χ1v) is 5.33. The maximum atomic E-state index is 5.90. The van der Waals surface area contributed by atoms with Crippen LogP contribution in [0.25, 0.3) is 0 Å². The fraction of sp³-hybridized carbons (Fsp3) is 0.800. The summed E-state index contributed by atoms with van der Waals surface area (Å²) in [7, 11) is 3.89. The summed E-state index contributed by atoms with van der Waals surface area (Å²) in [6.45, 7) is 4.92. The Hall–Kier alpha value is -0.980. The number of hydrogen-bond donors (Lipinski definition) is 1. The summed E-state index contributed by atoms with van der Waals surface area (Å²) in [5, 5.41) is 3.83. The van der Waals surface area contributed by atoms with Gasteiger partial charge in [0.05, 0.1) is 12.1 Å². The molecule has 1 rings (SSSR count). The molecule has 1 aromatic heterocycles. The van der Waals surface area contributed by atoms with Gasteiger partial charge in [0.15, 0.2) is 5.82 Å². The van der Waals surface area contributed by atoms with Crippen molar-refractivity contribution < 1.29 is 9.26 Å². The summed E-state index contributed by atoms with van der Waals surface area (Å²) in [6.07, 6.45) is 0.144. The lowest BCUT2D eigenvalue weighted by atomic mass is 10.3. The van der Waals surface area contributed by atoms with E-state index in [0.29, 0.717) is 24.9 Å². The van der Waals surface area contributed by atoms with Gasteiger partial charge in [-0.15, -0.1) is 0 Å². The Balaban J connectivity index is 2.50. The van der Waals surface area contributed by atoms with Gasteiger partial charge in [-0.25, -0.2) is 0 Å². The van der Waals surface area contributed by atoms with E-state index in [-0.39, 0.29) is 12.1 Å². The minimum absolute atomic E-state index is 0.144. The highest BCUT2D eigenvalue weighted by Gasteiger charge is 2.15. The molecule has 0 saturated heterocycles. The summed E-state index contributed by atoms with van der Waals surface area (Å²) in [4.78, 5) is 6.16. The van der Waals surface area contributed by atoms with E-state index in [4.69, 9.17) is 15.0 Å². The lowest BCUT2D eigenvalue weighted by molar-refractivity contribution is 0.0485. The smallest absolute Gasteiger partial charge is 0.252 e. The van der Waals surface area contributed by atoms with Crippen LogP contribution in [-0.2, 0) is 11.3 Å². The minimum atomic E-state index is -0.230. The third-order valence-corrected chi connectivity index (χ3v) is 1.92. The van der Waals surface area contributed by atoms with Crippen LogP contribution < -0.4 is 5.73 Å². The van der Waals surface area contributed by atoms with Crippen LogP contribution >= 0.6 is 0 Å². The number of hydrogen-bond acceptors (Lipinski definition) is 6. The Morgan fingerprint density at radius 1 is 1.44 bits per heavy atom. The minimum Gasteiger partial charge on any atom is -0.369 e. The van der Waals surface area contributed by atoms with E-state index < -0.39 is 0 Å². The number of rotatable bonds is 6. The largest absolute Gasteiger partial charge is 0.369 e. The Labute approximate surface area is 95.7 Å². The lowest BCUT2D eigenvalue weighted by Gasteiger charge is -2.12. The number of likely N-dealkylation sites (N-methyl/N-ethyl adjacent to an activating group) is 1. The fourth-order valence-corrected chi connectivity index (χ4v) is 1.19. The number of ether oxygens (including phenoxy) is 1. The summed E-state index contributed by atoms with van der Waals surface area (Å²) in [6, 6.07) is -0.230. The van der Waals surface area contributed by atoms with Crippen molar-refractivity contribution in [3.05, 3.63) is 11.7 Å². The van der Waals surface area contributed by atoms with Crippen LogP contribution in [-0.4, -0.2) is 41.8 Å². The Morgan fingerprint density at radius 2 is 2.12 bits per heavy atom. The molecule has 6 nitrogen and oxygen atoms in total. The third-order valence-electron chi connectivity index (χ3n) is 1.92. The van der Waals surface area contributed by atoms with Crippen molar-refractivity contribution in [3.63, 3.8) is 0 Å². The Morgan fingerprint density at radius 3 is 2.69 bits per heavy atom. The topological polar surface area (TPSA) is 77.4 Å². The van der Waals surface area contributed by atoms with Gasteiger partial charge >= 0.3 is 0 Å². The third kappa shape index (κ3) is 4.26. The van der Waals surface area contributed by atoms with Gasteiger partial charge in [-0.3, -0.25) is 0 Å². The maximum absolute atomic E-state index is 5.90. The molecular formula is C10H20N4O2. The van der Waals surface area contributed by atoms with Gasteiger partial charge in [-0.2, -0.15) is 4.98 Å². The van der Waals surface area contributed by atoms with E-state index in [1.807, 2.05) is 32.8 Å². The van der Waals surface area contributed by atoms with Gasteiger partial charge < -0.3 is 19.9 Å². The van der Waals surface area contributed by atoms with Gasteiger partial charge in [0.1, 0.15) is 6.61 Å². The van der Waals surface area contributed by atoms with Gasteiger partial charge in [-0.1, -0.05) is 5.16 Å². The molecule has 1 aromatic rings. The van der Waals surface area contributed by atoms with Crippen molar-refractivity contribution in [2.75, 3.05) is 20.6 Å². The fourth-order valence-electron chi connectivity index (χ4n) is 1.19. The van der Waals surface area contributed by atoms with E-state index in [2.05, 4.69) is 10.1 Å². The zero-order valence-corrected chi connectivity index (χ0v) is 10.3. The second-order valence-corrected chi connectivity index (χ2v) is 4.27. The Kier molecular flexibility index (Phi) is 4.85. The van der Waals surface area contributed by atoms with Crippen LogP contribution in [0.15, 0.2) is 4.52 Å². The molecule has 6 heteroatoms. The molecule has 16 heavy (non-hydrogen) atoms. The molecule has 0 spiro atoms. The molecule has 0 radical (unpaired) electrons. The number of nitrogens with two attached hydrogens (primary N) is 1. The molecule has 0 aliphatic rings. The van der Waals surface area contributed by atoms with Crippen molar-refractivity contribution >= 4 is 0 Å². The van der Waals surface area contributed by atoms with Crippen LogP contribution in [0.3, 0.4) is 0 Å². The zero-order valence-electron chi connectivity index (χ0n) is 10.3. The van der Waals surface area contributed by atoms with Gasteiger partial charge in [0, 0.05) is 6.54 Å². The second-order valence-electron chi connectivity index (χ2n) is 4.27. The lowest BCUT2D eigenvalue weighted by Crippen LogP contribution is -2.26. The SMILES string of the molecule is CC(C)OCc1nc(C(N)CN(C)C)no1. The Bertz CT molecular complexity index is 312. The molecule has 92 valence electrons. The molecular weight excluding hydrogens is 208 g/mol. The maximum Gasteiger partial charge on any atom is 0.252 e. The molecule has 0 fully saturated rings. The number of nitrogens with zero attached hydrogens (tertiary/aromatic N) is 3. The molecule has 1 unspecified atom stereocenters. The van der Waals surface area contributed by atoms with E-state index >= 15 is 0 Å². The first kappa shape index (κ1) is 13.1. The summed E-state index contributed by atoms with van der Waals surface area (Å²) < 4.78 is 10.4. The summed E-state index contributed by atoms with van der Waals surface area (Å²) in [5.74, 6) is 0.994. The van der Waals surface area contributed by atoms with Gasteiger partial charge in [0.2, 0.25) is 0 Å². The highest BCUT2D eigenvalue weighted by molar-refractivity contribution is 4.93. The van der Waals surface area contributed by atoms with E-state index in [1.165, 1.54) is 0 Å². The van der Waals surface area contributed by atoms with Crippen LogP contribution in [0.1, 0.15) is 31.6 Å². The van der Waals surface area contributed by atoms with E-state index in [9.17, 15) is 0 Å². The zero-order chi connectivity index (χ0) is 12.1. The van der Waals surface area contributed by atoms with Crippen molar-refractivity contribution in [1.29, 1.82) is 0 Å². The van der Waals surface area contributed by atoms with E-state index in [1.54, 1.807) is 0 Å². The van der Waals surface area contributed by atoms with Gasteiger partial charge in [0.25, 0.3) is 5.89 Å². The molecule has 1 atom stereocenters. The second kappa shape index (κ2) is 5.93. The van der Waals surface area contributed by atoms with Crippen molar-refractivity contribution in [3.8, 4) is 0 Å². The average Bonchev–Trinajstić information content (AvgIpc) is 2.61. The van der Waals surface area contributed by atoms with Gasteiger partial charge in [-0.05, 0) is 27.9 Å². The molecule has 0 bridgehead atoms. The molecule has 1 heterocycles. The quantitative estimate of drug-likeness (QED) is 0.766. The summed E-state index contributed by atoms with van der Waals surface area (Å²) >= 11 is 0. The van der Waals surface area contributed by atoms with Crippen molar-refractivity contribution in [1.82, 2.24) is 15.0 Å². The first-order chi connectivity index (χ1) is 7.49. The monoisotopic (exact) mass is 228 g/mol. The first-order valence-electron chi connectivity index (χ1n) is 5.33. The van der Waals surface area contributed by atoms with E-state index in [0.717, 1.165) is 0 Å². The normalized spacial score (nSPS) is 13.7. The number of aromatic nitrogens is 2. The van der Waals surface area contributed by atoms with Crippen LogP contribution in [0.5, 0.6) is 0 Å². The predicted octanol–water partition coefficient (Wildman–Crippen LogP) is 0.556.